The third kappa shape index (κ3) is 3.39. The molecule has 124 valence electrons. The molecule has 5 nitrogen and oxygen atoms in total. The van der Waals surface area contributed by atoms with Crippen LogP contribution in [0.4, 0.5) is 18.9 Å². The van der Waals surface area contributed by atoms with Gasteiger partial charge in [-0.1, -0.05) is 12.1 Å². The number of anilines is 1. The quantitative estimate of drug-likeness (QED) is 0.850. The molecule has 1 aromatic rings. The summed E-state index contributed by atoms with van der Waals surface area (Å²) < 4.78 is 71.9. The highest BCUT2D eigenvalue weighted by molar-refractivity contribution is 7.93. The Morgan fingerprint density at radius 1 is 1.30 bits per heavy atom. The number of rotatable bonds is 4. The van der Waals surface area contributed by atoms with Crippen LogP contribution < -0.4 is 4.72 Å². The zero-order valence-corrected chi connectivity index (χ0v) is 12.6. The first-order valence-electron chi connectivity index (χ1n) is 6.34. The summed E-state index contributed by atoms with van der Waals surface area (Å²) in [4.78, 5) is 11.4. The highest BCUT2D eigenvalue weighted by Crippen LogP contribution is 2.28. The van der Waals surface area contributed by atoms with E-state index in [4.69, 9.17) is 0 Å². The summed E-state index contributed by atoms with van der Waals surface area (Å²) >= 11 is 0. The van der Waals surface area contributed by atoms with Crippen LogP contribution in [0.1, 0.15) is 10.4 Å². The van der Waals surface area contributed by atoms with Crippen molar-refractivity contribution in [3.8, 4) is 0 Å². The third-order valence-corrected chi connectivity index (χ3v) is 4.76. The number of benzene rings is 1. The van der Waals surface area contributed by atoms with E-state index in [-0.39, 0.29) is 0 Å². The molecule has 0 heterocycles. The minimum Gasteiger partial charge on any atom is -0.465 e. The molecule has 0 fully saturated rings. The van der Waals surface area contributed by atoms with Crippen LogP contribution in [0.3, 0.4) is 0 Å². The normalized spacial score (nSPS) is 20.8. The number of halogens is 3. The van der Waals surface area contributed by atoms with Crippen molar-refractivity contribution in [1.82, 2.24) is 0 Å². The van der Waals surface area contributed by atoms with E-state index in [1.54, 1.807) is 4.72 Å². The van der Waals surface area contributed by atoms with E-state index >= 15 is 0 Å². The number of esters is 1. The molecule has 0 saturated heterocycles. The number of methoxy groups -OCH3 is 1. The van der Waals surface area contributed by atoms with Crippen molar-refractivity contribution in [3.05, 3.63) is 53.6 Å². The van der Waals surface area contributed by atoms with Crippen molar-refractivity contribution in [2.24, 2.45) is 0 Å². The lowest BCUT2D eigenvalue weighted by Crippen LogP contribution is -2.36. The molecule has 0 spiro atoms. The van der Waals surface area contributed by atoms with Crippen LogP contribution >= 0.6 is 0 Å². The predicted octanol–water partition coefficient (Wildman–Crippen LogP) is 2.48. The topological polar surface area (TPSA) is 72.5 Å². The Bertz CT molecular complexity index is 789. The van der Waals surface area contributed by atoms with Crippen molar-refractivity contribution in [1.29, 1.82) is 0 Å². The zero-order chi connectivity index (χ0) is 17.2. The summed E-state index contributed by atoms with van der Waals surface area (Å²) in [6.45, 7) is 0. The SMILES string of the molecule is COC(=O)c1cccc(NS(=O)(=O)C2C(F)=CC=CC2F)c1F. The Morgan fingerprint density at radius 3 is 2.61 bits per heavy atom. The predicted molar refractivity (Wildman–Crippen MR) is 77.3 cm³/mol. The molecule has 0 amide bonds. The van der Waals surface area contributed by atoms with Gasteiger partial charge in [0.05, 0.1) is 18.4 Å². The second-order valence-corrected chi connectivity index (χ2v) is 6.41. The maximum atomic E-state index is 14.2. The van der Waals surface area contributed by atoms with Crippen LogP contribution in [-0.4, -0.2) is 32.9 Å². The number of carbonyl (C=O) groups is 1. The Labute approximate surface area is 130 Å². The summed E-state index contributed by atoms with van der Waals surface area (Å²) in [5.74, 6) is -3.43. The van der Waals surface area contributed by atoms with Crippen molar-refractivity contribution < 1.29 is 31.1 Å². The molecule has 2 rings (SSSR count). The van der Waals surface area contributed by atoms with Gasteiger partial charge in [0.15, 0.2) is 11.1 Å². The van der Waals surface area contributed by atoms with E-state index in [9.17, 15) is 26.4 Å². The van der Waals surface area contributed by atoms with Crippen molar-refractivity contribution in [3.63, 3.8) is 0 Å². The zero-order valence-electron chi connectivity index (χ0n) is 11.8. The molecule has 1 aromatic carbocycles. The number of hydrogen-bond donors (Lipinski definition) is 1. The summed E-state index contributed by atoms with van der Waals surface area (Å²) in [5, 5.41) is -2.13. The summed E-state index contributed by atoms with van der Waals surface area (Å²) in [6, 6.07) is 3.31. The smallest absolute Gasteiger partial charge is 0.340 e. The molecular formula is C14H12F3NO4S. The Hall–Kier alpha value is -2.29. The third-order valence-electron chi connectivity index (χ3n) is 3.10. The molecule has 0 saturated carbocycles. The number of ether oxygens (including phenoxy) is 1. The monoisotopic (exact) mass is 347 g/mol. The van der Waals surface area contributed by atoms with Crippen LogP contribution in [0, 0.1) is 5.82 Å². The van der Waals surface area contributed by atoms with Gasteiger partial charge < -0.3 is 4.74 Å². The molecule has 0 aliphatic heterocycles. The molecule has 2 atom stereocenters. The van der Waals surface area contributed by atoms with Gasteiger partial charge in [-0.15, -0.1) is 0 Å². The Kier molecular flexibility index (Phi) is 4.79. The maximum absolute atomic E-state index is 14.2. The first-order valence-corrected chi connectivity index (χ1v) is 7.89. The van der Waals surface area contributed by atoms with Gasteiger partial charge in [-0.25, -0.2) is 26.4 Å². The minimum absolute atomic E-state index is 0.510. The van der Waals surface area contributed by atoms with Gasteiger partial charge in [-0.05, 0) is 24.3 Å². The summed E-state index contributed by atoms with van der Waals surface area (Å²) in [7, 11) is -3.59. The molecule has 9 heteroatoms. The molecular weight excluding hydrogens is 335 g/mol. The van der Waals surface area contributed by atoms with Gasteiger partial charge in [-0.2, -0.15) is 0 Å². The van der Waals surface area contributed by atoms with E-state index in [2.05, 4.69) is 4.74 Å². The van der Waals surface area contributed by atoms with Crippen molar-refractivity contribution >= 4 is 21.7 Å². The molecule has 1 aliphatic carbocycles. The van der Waals surface area contributed by atoms with E-state index in [0.717, 1.165) is 37.5 Å². The Balaban J connectivity index is 2.37. The lowest BCUT2D eigenvalue weighted by atomic mass is 10.1. The van der Waals surface area contributed by atoms with Gasteiger partial charge in [-0.3, -0.25) is 4.72 Å². The molecule has 1 aliphatic rings. The molecule has 0 bridgehead atoms. The second kappa shape index (κ2) is 6.45. The van der Waals surface area contributed by atoms with Gasteiger partial charge >= 0.3 is 5.97 Å². The molecule has 0 radical (unpaired) electrons. The minimum atomic E-state index is -4.62. The number of carbonyl (C=O) groups excluding carboxylic acids is 1. The van der Waals surface area contributed by atoms with Gasteiger partial charge in [0.25, 0.3) is 0 Å². The molecule has 2 unspecified atom stereocenters. The van der Waals surface area contributed by atoms with E-state index in [1.807, 2.05) is 0 Å². The fraction of sp³-hybridized carbons (Fsp3) is 0.214. The number of alkyl halides is 1. The molecule has 0 aromatic heterocycles. The summed E-state index contributed by atoms with van der Waals surface area (Å²) in [6.07, 6.45) is 0.601. The Morgan fingerprint density at radius 2 is 2.00 bits per heavy atom. The highest BCUT2D eigenvalue weighted by Gasteiger charge is 2.38. The van der Waals surface area contributed by atoms with E-state index < -0.39 is 50.3 Å². The van der Waals surface area contributed by atoms with Crippen LogP contribution in [0.5, 0.6) is 0 Å². The van der Waals surface area contributed by atoms with Crippen LogP contribution in [0.2, 0.25) is 0 Å². The number of allylic oxidation sites excluding steroid dienone is 3. The summed E-state index contributed by atoms with van der Waals surface area (Å²) in [5.41, 5.74) is -1.12. The lowest BCUT2D eigenvalue weighted by Gasteiger charge is -2.21. The van der Waals surface area contributed by atoms with Crippen LogP contribution in [0.25, 0.3) is 0 Å². The lowest BCUT2D eigenvalue weighted by molar-refractivity contribution is 0.0595. The number of sulfonamides is 1. The highest BCUT2D eigenvalue weighted by atomic mass is 32.2. The first kappa shape index (κ1) is 17.1. The van der Waals surface area contributed by atoms with E-state index in [0.29, 0.717) is 0 Å². The number of nitrogens with one attached hydrogen (secondary N) is 1. The van der Waals surface area contributed by atoms with Crippen molar-refractivity contribution in [2.45, 2.75) is 11.4 Å². The average molecular weight is 347 g/mol. The largest absolute Gasteiger partial charge is 0.465 e. The van der Waals surface area contributed by atoms with E-state index in [1.165, 1.54) is 6.07 Å². The fourth-order valence-corrected chi connectivity index (χ4v) is 3.42. The second-order valence-electron chi connectivity index (χ2n) is 4.61. The standard InChI is InChI=1S/C14H12F3NO4S/c1-22-14(19)8-4-2-7-11(12(8)17)18-23(20,21)13-9(15)5-3-6-10(13)16/h2-7,9,13,18H,1H3. The van der Waals surface area contributed by atoms with Crippen LogP contribution in [0.15, 0.2) is 42.3 Å². The van der Waals surface area contributed by atoms with Gasteiger partial charge in [0.1, 0.15) is 12.0 Å². The van der Waals surface area contributed by atoms with Gasteiger partial charge in [0.2, 0.25) is 10.0 Å². The molecule has 23 heavy (non-hydrogen) atoms. The molecule has 1 N–H and O–H groups in total. The average Bonchev–Trinajstić information content (AvgIpc) is 2.48. The number of hydrogen-bond acceptors (Lipinski definition) is 4. The fourth-order valence-electron chi connectivity index (χ4n) is 2.02. The van der Waals surface area contributed by atoms with Crippen molar-refractivity contribution in [2.75, 3.05) is 11.8 Å². The van der Waals surface area contributed by atoms with Crippen LogP contribution in [-0.2, 0) is 14.8 Å². The first-order chi connectivity index (χ1) is 10.8. The maximum Gasteiger partial charge on any atom is 0.340 e. The van der Waals surface area contributed by atoms with Gasteiger partial charge in [0, 0.05) is 0 Å².